The fourth-order valence-electron chi connectivity index (χ4n) is 1.50. The summed E-state index contributed by atoms with van der Waals surface area (Å²) in [5.74, 6) is -0.635. The smallest absolute Gasteiger partial charge is 0.367 e. The predicted molar refractivity (Wildman–Crippen MR) is 86.7 cm³/mol. The summed E-state index contributed by atoms with van der Waals surface area (Å²) >= 11 is 15.0. The molecule has 0 aromatic heterocycles. The number of hydrogen-bond donors (Lipinski definition) is 1. The zero-order valence-electron chi connectivity index (χ0n) is 10.5. The van der Waals surface area contributed by atoms with Crippen molar-refractivity contribution in [3.63, 3.8) is 0 Å². The quantitative estimate of drug-likeness (QED) is 0.371. The highest BCUT2D eigenvalue weighted by molar-refractivity contribution is 9.10. The molecule has 0 spiro atoms. The second-order valence-electron chi connectivity index (χ2n) is 3.99. The predicted octanol–water partition coefficient (Wildman–Crippen LogP) is 4.23. The van der Waals surface area contributed by atoms with Gasteiger partial charge in [0.25, 0.3) is 0 Å². The Balaban J connectivity index is 2.14. The van der Waals surface area contributed by atoms with Gasteiger partial charge in [-0.1, -0.05) is 56.4 Å². The van der Waals surface area contributed by atoms with Gasteiger partial charge in [-0.3, -0.25) is 0 Å². The van der Waals surface area contributed by atoms with Gasteiger partial charge in [0.05, 0.1) is 10.6 Å². The first kappa shape index (κ1) is 15.8. The van der Waals surface area contributed by atoms with Gasteiger partial charge in [0, 0.05) is 15.1 Å². The van der Waals surface area contributed by atoms with E-state index < -0.39 is 5.97 Å². The van der Waals surface area contributed by atoms with Crippen molar-refractivity contribution < 1.29 is 9.63 Å². The van der Waals surface area contributed by atoms with E-state index in [9.17, 15) is 4.79 Å². The molecule has 0 unspecified atom stereocenters. The third kappa shape index (κ3) is 4.20. The molecule has 4 nitrogen and oxygen atoms in total. The SMILES string of the molecule is NC(=NOC(=O)c1ccc(Cl)cc1Cl)c1cccc(Br)c1. The van der Waals surface area contributed by atoms with E-state index in [1.165, 1.54) is 18.2 Å². The van der Waals surface area contributed by atoms with Crippen molar-refractivity contribution in [2.45, 2.75) is 0 Å². The normalized spacial score (nSPS) is 11.3. The number of nitrogens with two attached hydrogens (primary N) is 1. The molecule has 2 aromatic rings. The van der Waals surface area contributed by atoms with Gasteiger partial charge < -0.3 is 10.6 Å². The van der Waals surface area contributed by atoms with Crippen molar-refractivity contribution in [2.24, 2.45) is 10.9 Å². The summed E-state index contributed by atoms with van der Waals surface area (Å²) in [5.41, 5.74) is 6.53. The van der Waals surface area contributed by atoms with Crippen molar-refractivity contribution in [3.05, 3.63) is 68.1 Å². The Labute approximate surface area is 139 Å². The molecule has 0 aliphatic heterocycles. The van der Waals surface area contributed by atoms with Gasteiger partial charge in [-0.2, -0.15) is 0 Å². The summed E-state index contributed by atoms with van der Waals surface area (Å²) in [6.07, 6.45) is 0. The molecule has 2 rings (SSSR count). The number of carbonyl (C=O) groups is 1. The first-order valence-electron chi connectivity index (χ1n) is 5.73. The lowest BCUT2D eigenvalue weighted by molar-refractivity contribution is 0.0516. The number of benzene rings is 2. The molecule has 0 bridgehead atoms. The van der Waals surface area contributed by atoms with Crippen LogP contribution in [-0.2, 0) is 4.84 Å². The topological polar surface area (TPSA) is 64.7 Å². The van der Waals surface area contributed by atoms with Crippen LogP contribution in [0.5, 0.6) is 0 Å². The molecule has 0 fully saturated rings. The van der Waals surface area contributed by atoms with Crippen LogP contribution in [0.1, 0.15) is 15.9 Å². The maximum Gasteiger partial charge on any atom is 0.367 e. The summed E-state index contributed by atoms with van der Waals surface area (Å²) in [6.45, 7) is 0. The van der Waals surface area contributed by atoms with E-state index in [2.05, 4.69) is 21.1 Å². The molecule has 0 atom stereocenters. The van der Waals surface area contributed by atoms with E-state index in [0.29, 0.717) is 10.6 Å². The van der Waals surface area contributed by atoms with E-state index in [4.69, 9.17) is 33.8 Å². The van der Waals surface area contributed by atoms with Crippen LogP contribution < -0.4 is 5.73 Å². The maximum atomic E-state index is 11.9. The lowest BCUT2D eigenvalue weighted by Crippen LogP contribution is -2.15. The second-order valence-corrected chi connectivity index (χ2v) is 5.75. The number of carbonyl (C=O) groups excluding carboxylic acids is 1. The summed E-state index contributed by atoms with van der Waals surface area (Å²) in [6, 6.07) is 11.6. The molecule has 0 heterocycles. The molecular weight excluding hydrogens is 379 g/mol. The van der Waals surface area contributed by atoms with E-state index in [-0.39, 0.29) is 16.4 Å². The maximum absolute atomic E-state index is 11.9. The van der Waals surface area contributed by atoms with Crippen LogP contribution in [0.2, 0.25) is 10.0 Å². The second kappa shape index (κ2) is 6.93. The number of hydrogen-bond acceptors (Lipinski definition) is 3. The number of amidine groups is 1. The van der Waals surface area contributed by atoms with Crippen LogP contribution in [-0.4, -0.2) is 11.8 Å². The Morgan fingerprint density at radius 3 is 2.62 bits per heavy atom. The molecule has 0 amide bonds. The van der Waals surface area contributed by atoms with E-state index in [0.717, 1.165) is 4.47 Å². The lowest BCUT2D eigenvalue weighted by atomic mass is 10.2. The van der Waals surface area contributed by atoms with Gasteiger partial charge in [-0.05, 0) is 30.3 Å². The van der Waals surface area contributed by atoms with E-state index in [1.807, 2.05) is 6.07 Å². The standard InChI is InChI=1S/C14H9BrCl2N2O2/c15-9-3-1-2-8(6-9)13(18)19-21-14(20)11-5-4-10(16)7-12(11)17/h1-7H,(H2,18,19). The van der Waals surface area contributed by atoms with Crippen molar-refractivity contribution in [3.8, 4) is 0 Å². The van der Waals surface area contributed by atoms with Crippen LogP contribution in [0, 0.1) is 0 Å². The molecule has 7 heteroatoms. The zero-order chi connectivity index (χ0) is 15.4. The fraction of sp³-hybridized carbons (Fsp3) is 0. The Bertz CT molecular complexity index is 720. The Morgan fingerprint density at radius 1 is 1.19 bits per heavy atom. The van der Waals surface area contributed by atoms with Crippen LogP contribution in [0.4, 0.5) is 0 Å². The highest BCUT2D eigenvalue weighted by Crippen LogP contribution is 2.21. The minimum atomic E-state index is -0.713. The molecule has 108 valence electrons. The van der Waals surface area contributed by atoms with Gasteiger partial charge in [0.15, 0.2) is 5.84 Å². The molecular formula is C14H9BrCl2N2O2. The summed E-state index contributed by atoms with van der Waals surface area (Å²) in [5, 5.41) is 4.22. The molecule has 21 heavy (non-hydrogen) atoms. The van der Waals surface area contributed by atoms with Crippen molar-refractivity contribution >= 4 is 50.9 Å². The molecule has 0 saturated carbocycles. The van der Waals surface area contributed by atoms with E-state index in [1.54, 1.807) is 18.2 Å². The lowest BCUT2D eigenvalue weighted by Gasteiger charge is -2.03. The fourth-order valence-corrected chi connectivity index (χ4v) is 2.38. The Morgan fingerprint density at radius 2 is 1.95 bits per heavy atom. The van der Waals surface area contributed by atoms with Crippen molar-refractivity contribution in [1.29, 1.82) is 0 Å². The molecule has 0 radical (unpaired) electrons. The number of oxime groups is 1. The Hall–Kier alpha value is -1.56. The molecule has 0 aliphatic rings. The van der Waals surface area contributed by atoms with Crippen molar-refractivity contribution in [2.75, 3.05) is 0 Å². The highest BCUT2D eigenvalue weighted by atomic mass is 79.9. The Kier molecular flexibility index (Phi) is 5.22. The molecule has 0 saturated heterocycles. The number of nitrogens with zero attached hydrogens (tertiary/aromatic N) is 1. The zero-order valence-corrected chi connectivity index (χ0v) is 13.6. The van der Waals surface area contributed by atoms with Gasteiger partial charge in [-0.15, -0.1) is 0 Å². The minimum Gasteiger partial charge on any atom is -0.380 e. The van der Waals surface area contributed by atoms with Crippen LogP contribution in [0.25, 0.3) is 0 Å². The average Bonchev–Trinajstić information content (AvgIpc) is 2.44. The van der Waals surface area contributed by atoms with Gasteiger partial charge in [0.1, 0.15) is 0 Å². The van der Waals surface area contributed by atoms with Crippen LogP contribution in [0.15, 0.2) is 52.1 Å². The van der Waals surface area contributed by atoms with Gasteiger partial charge in [-0.25, -0.2) is 4.79 Å². The molecule has 2 N–H and O–H groups in total. The first-order chi connectivity index (χ1) is 9.97. The molecule has 0 aliphatic carbocycles. The summed E-state index contributed by atoms with van der Waals surface area (Å²) < 4.78 is 0.838. The first-order valence-corrected chi connectivity index (χ1v) is 7.28. The van der Waals surface area contributed by atoms with Gasteiger partial charge in [0.2, 0.25) is 0 Å². The summed E-state index contributed by atoms with van der Waals surface area (Å²) in [4.78, 5) is 16.6. The van der Waals surface area contributed by atoms with Crippen molar-refractivity contribution in [1.82, 2.24) is 0 Å². The van der Waals surface area contributed by atoms with Crippen LogP contribution >= 0.6 is 39.1 Å². The minimum absolute atomic E-state index is 0.0785. The molecule has 2 aromatic carbocycles. The third-order valence-corrected chi connectivity index (χ3v) is 3.54. The van der Waals surface area contributed by atoms with Gasteiger partial charge >= 0.3 is 5.97 Å². The number of rotatable bonds is 3. The van der Waals surface area contributed by atoms with E-state index >= 15 is 0 Å². The number of halogens is 3. The van der Waals surface area contributed by atoms with Crippen LogP contribution in [0.3, 0.4) is 0 Å². The third-order valence-electron chi connectivity index (χ3n) is 2.50. The average molecular weight is 388 g/mol. The summed E-state index contributed by atoms with van der Waals surface area (Å²) in [7, 11) is 0. The largest absolute Gasteiger partial charge is 0.380 e. The highest BCUT2D eigenvalue weighted by Gasteiger charge is 2.13. The monoisotopic (exact) mass is 386 g/mol.